The van der Waals surface area contributed by atoms with Crippen LogP contribution in [0.15, 0.2) is 11.8 Å². The Hall–Kier alpha value is -1.96. The maximum Gasteiger partial charge on any atom is 0.416 e. The third-order valence-corrected chi connectivity index (χ3v) is 4.23. The molecule has 1 aliphatic rings. The molecule has 2 amide bonds. The highest BCUT2D eigenvalue weighted by Gasteiger charge is 2.26. The Bertz CT molecular complexity index is 480. The van der Waals surface area contributed by atoms with Crippen molar-refractivity contribution in [2.75, 3.05) is 19.6 Å². The minimum absolute atomic E-state index is 0.191. The van der Waals surface area contributed by atoms with E-state index in [1.54, 1.807) is 0 Å². The standard InChI is InChI=1S/C20H32N2O3/c1-3-5-6-7-8-9-10-11-12-13-14-21-19(23)16-18-17-22(15-4-2)20(24)25-18/h2,16H,3,5-15,17H2,1H3,(H,21,23)/b18-16-. The van der Waals surface area contributed by atoms with Gasteiger partial charge in [0.25, 0.3) is 0 Å². The van der Waals surface area contributed by atoms with E-state index in [0.717, 1.165) is 12.8 Å². The Morgan fingerprint density at radius 3 is 2.36 bits per heavy atom. The number of nitrogens with zero attached hydrogens (tertiary/aromatic N) is 1. The molecule has 5 heteroatoms. The Kier molecular flexibility index (Phi) is 11.3. The Morgan fingerprint density at radius 2 is 1.76 bits per heavy atom. The van der Waals surface area contributed by atoms with Gasteiger partial charge in [-0.1, -0.05) is 70.6 Å². The summed E-state index contributed by atoms with van der Waals surface area (Å²) in [6.45, 7) is 3.34. The lowest BCUT2D eigenvalue weighted by molar-refractivity contribution is -0.116. The summed E-state index contributed by atoms with van der Waals surface area (Å²) in [4.78, 5) is 24.6. The predicted octanol–water partition coefficient (Wildman–Crippen LogP) is 3.99. The summed E-state index contributed by atoms with van der Waals surface area (Å²) in [7, 11) is 0. The van der Waals surface area contributed by atoms with Crippen molar-refractivity contribution in [2.45, 2.75) is 71.1 Å². The quantitative estimate of drug-likeness (QED) is 0.311. The van der Waals surface area contributed by atoms with Gasteiger partial charge in [-0.05, 0) is 6.42 Å². The average molecular weight is 348 g/mol. The highest BCUT2D eigenvalue weighted by atomic mass is 16.6. The summed E-state index contributed by atoms with van der Waals surface area (Å²) >= 11 is 0. The molecule has 0 aromatic rings. The lowest BCUT2D eigenvalue weighted by atomic mass is 10.1. The zero-order valence-electron chi connectivity index (χ0n) is 15.5. The van der Waals surface area contributed by atoms with E-state index in [2.05, 4.69) is 18.2 Å². The number of unbranched alkanes of at least 4 members (excludes halogenated alkanes) is 9. The lowest BCUT2D eigenvalue weighted by Gasteiger charge is -2.05. The largest absolute Gasteiger partial charge is 0.416 e. The van der Waals surface area contributed by atoms with Crippen molar-refractivity contribution < 1.29 is 14.3 Å². The average Bonchev–Trinajstić information content (AvgIpc) is 2.92. The van der Waals surface area contributed by atoms with Crippen LogP contribution in [0.1, 0.15) is 71.1 Å². The van der Waals surface area contributed by atoms with Crippen molar-refractivity contribution in [3.63, 3.8) is 0 Å². The molecule has 0 spiro atoms. The summed E-state index contributed by atoms with van der Waals surface area (Å²) in [5.41, 5.74) is 0. The third kappa shape index (κ3) is 9.81. The van der Waals surface area contributed by atoms with Gasteiger partial charge in [-0.15, -0.1) is 6.42 Å². The molecule has 25 heavy (non-hydrogen) atoms. The van der Waals surface area contributed by atoms with Crippen LogP contribution in [0.25, 0.3) is 0 Å². The first-order valence-corrected chi connectivity index (χ1v) is 9.56. The van der Waals surface area contributed by atoms with Crippen molar-refractivity contribution >= 4 is 12.0 Å². The van der Waals surface area contributed by atoms with Crippen LogP contribution in [-0.4, -0.2) is 36.5 Å². The van der Waals surface area contributed by atoms with Crippen molar-refractivity contribution in [1.29, 1.82) is 0 Å². The molecule has 0 saturated carbocycles. The van der Waals surface area contributed by atoms with E-state index in [1.165, 1.54) is 62.3 Å². The first kappa shape index (κ1) is 21.1. The summed E-state index contributed by atoms with van der Waals surface area (Å²) < 4.78 is 5.00. The number of carbonyl (C=O) groups is 2. The normalized spacial score (nSPS) is 15.3. The van der Waals surface area contributed by atoms with Gasteiger partial charge in [-0.25, -0.2) is 4.79 Å². The van der Waals surface area contributed by atoms with Crippen LogP contribution in [-0.2, 0) is 9.53 Å². The Morgan fingerprint density at radius 1 is 1.16 bits per heavy atom. The molecule has 0 aromatic heterocycles. The number of rotatable bonds is 13. The topological polar surface area (TPSA) is 58.6 Å². The zero-order chi connectivity index (χ0) is 18.3. The van der Waals surface area contributed by atoms with Crippen LogP contribution in [0.3, 0.4) is 0 Å². The van der Waals surface area contributed by atoms with Crippen molar-refractivity contribution in [3.8, 4) is 12.3 Å². The number of hydrogen-bond acceptors (Lipinski definition) is 3. The highest BCUT2D eigenvalue weighted by Crippen LogP contribution is 2.13. The van der Waals surface area contributed by atoms with Gasteiger partial charge in [0.1, 0.15) is 5.76 Å². The smallest absolute Gasteiger partial charge is 0.413 e. The fourth-order valence-corrected chi connectivity index (χ4v) is 2.79. The minimum Gasteiger partial charge on any atom is -0.413 e. The van der Waals surface area contributed by atoms with E-state index in [-0.39, 0.29) is 19.0 Å². The molecule has 0 aliphatic carbocycles. The van der Waals surface area contributed by atoms with Gasteiger partial charge in [0, 0.05) is 12.6 Å². The number of nitrogens with one attached hydrogen (secondary N) is 1. The number of amides is 2. The lowest BCUT2D eigenvalue weighted by Crippen LogP contribution is -2.24. The highest BCUT2D eigenvalue weighted by molar-refractivity contribution is 5.89. The second-order valence-electron chi connectivity index (χ2n) is 6.51. The monoisotopic (exact) mass is 348 g/mol. The number of ether oxygens (including phenoxy) is 1. The third-order valence-electron chi connectivity index (χ3n) is 4.23. The molecule has 0 atom stereocenters. The van der Waals surface area contributed by atoms with E-state index in [0.29, 0.717) is 12.3 Å². The van der Waals surface area contributed by atoms with Crippen LogP contribution in [0.2, 0.25) is 0 Å². The predicted molar refractivity (Wildman–Crippen MR) is 99.8 cm³/mol. The minimum atomic E-state index is -0.494. The summed E-state index contributed by atoms with van der Waals surface area (Å²) in [6, 6.07) is 0. The number of terminal acetylenes is 1. The SMILES string of the molecule is C#CCN1C/C(=C/C(=O)NCCCCCCCCCCCC)OC1=O. The number of cyclic esters (lactones) is 1. The van der Waals surface area contributed by atoms with Crippen LogP contribution in [0.4, 0.5) is 4.79 Å². The Balaban J connectivity index is 2.00. The van der Waals surface area contributed by atoms with Crippen molar-refractivity contribution in [1.82, 2.24) is 10.2 Å². The molecule has 1 heterocycles. The van der Waals surface area contributed by atoms with Crippen molar-refractivity contribution in [2.24, 2.45) is 0 Å². The van der Waals surface area contributed by atoms with Gasteiger partial charge in [0.05, 0.1) is 13.1 Å². The van der Waals surface area contributed by atoms with E-state index in [1.807, 2.05) is 0 Å². The second kappa shape index (κ2) is 13.3. The Labute approximate surface area is 152 Å². The molecule has 140 valence electrons. The number of hydrogen-bond donors (Lipinski definition) is 1. The van der Waals surface area contributed by atoms with Gasteiger partial charge in [0.15, 0.2) is 0 Å². The maximum atomic E-state index is 11.8. The molecule has 0 aromatic carbocycles. The van der Waals surface area contributed by atoms with Gasteiger partial charge in [-0.2, -0.15) is 0 Å². The fourth-order valence-electron chi connectivity index (χ4n) is 2.79. The van der Waals surface area contributed by atoms with E-state index in [4.69, 9.17) is 11.2 Å². The van der Waals surface area contributed by atoms with Crippen LogP contribution >= 0.6 is 0 Å². The second-order valence-corrected chi connectivity index (χ2v) is 6.51. The molecule has 1 saturated heterocycles. The first-order valence-electron chi connectivity index (χ1n) is 9.56. The zero-order valence-corrected chi connectivity index (χ0v) is 15.5. The van der Waals surface area contributed by atoms with Gasteiger partial charge in [-0.3, -0.25) is 9.69 Å². The molecule has 0 bridgehead atoms. The van der Waals surface area contributed by atoms with Crippen LogP contribution in [0.5, 0.6) is 0 Å². The van der Waals surface area contributed by atoms with Gasteiger partial charge in [0.2, 0.25) is 5.91 Å². The maximum absolute atomic E-state index is 11.8. The van der Waals surface area contributed by atoms with Crippen LogP contribution in [0, 0.1) is 12.3 Å². The summed E-state index contributed by atoms with van der Waals surface area (Å²) in [5.74, 6) is 2.51. The molecule has 1 N–H and O–H groups in total. The first-order chi connectivity index (χ1) is 12.2. The molecule has 1 fully saturated rings. The molecule has 1 aliphatic heterocycles. The van der Waals surface area contributed by atoms with Gasteiger partial charge >= 0.3 is 6.09 Å². The van der Waals surface area contributed by atoms with Gasteiger partial charge < -0.3 is 10.1 Å². The molecule has 0 radical (unpaired) electrons. The fraction of sp³-hybridized carbons (Fsp3) is 0.700. The summed E-state index contributed by atoms with van der Waals surface area (Å²) in [5, 5.41) is 2.83. The summed E-state index contributed by atoms with van der Waals surface area (Å²) in [6.07, 6.45) is 18.7. The number of carbonyl (C=O) groups excluding carboxylic acids is 2. The molecular weight excluding hydrogens is 316 g/mol. The van der Waals surface area contributed by atoms with Crippen molar-refractivity contribution in [3.05, 3.63) is 11.8 Å². The van der Waals surface area contributed by atoms with E-state index >= 15 is 0 Å². The molecule has 5 nitrogen and oxygen atoms in total. The molecule has 1 rings (SSSR count). The van der Waals surface area contributed by atoms with E-state index in [9.17, 15) is 9.59 Å². The molecule has 0 unspecified atom stereocenters. The van der Waals surface area contributed by atoms with E-state index < -0.39 is 6.09 Å². The molecular formula is C20H32N2O3. The van der Waals surface area contributed by atoms with Crippen LogP contribution < -0.4 is 5.32 Å².